The molecule has 168 valence electrons. The van der Waals surface area contributed by atoms with Crippen molar-refractivity contribution >= 4 is 5.82 Å². The quantitative estimate of drug-likeness (QED) is 0.464. The zero-order chi connectivity index (χ0) is 22.3. The third kappa shape index (κ3) is 5.37. The predicted molar refractivity (Wildman–Crippen MR) is 122 cm³/mol. The summed E-state index contributed by atoms with van der Waals surface area (Å²) in [5.41, 5.74) is 3.34. The lowest BCUT2D eigenvalue weighted by Crippen LogP contribution is -2.29. The zero-order valence-corrected chi connectivity index (χ0v) is 18.3. The molecule has 3 N–H and O–H groups in total. The number of aliphatic hydroxyl groups is 1. The second-order valence-electron chi connectivity index (χ2n) is 7.75. The molecule has 1 saturated heterocycles. The standard InChI is InChI=1S/C23H28N6O3/c1-15-21(17-9-25-14-26-10-17)28-23(29-22(15)27-18-6-7-31-12-18)16-4-3-5-20(8-16)32-13-19(30)11-24-2/h3-5,8-10,14,18-19,24,30H,6-7,11-13H2,1-2H3,(H,27,28,29). The molecule has 2 atom stereocenters. The van der Waals surface area contributed by atoms with Gasteiger partial charge in [-0.3, -0.25) is 0 Å². The Labute approximate surface area is 187 Å². The van der Waals surface area contributed by atoms with Gasteiger partial charge in [0.1, 0.15) is 30.6 Å². The first-order valence-corrected chi connectivity index (χ1v) is 10.7. The van der Waals surface area contributed by atoms with Crippen molar-refractivity contribution in [2.24, 2.45) is 0 Å². The molecule has 1 aromatic carbocycles. The summed E-state index contributed by atoms with van der Waals surface area (Å²) in [6, 6.07) is 7.77. The van der Waals surface area contributed by atoms with Gasteiger partial charge in [0.2, 0.25) is 0 Å². The van der Waals surface area contributed by atoms with Gasteiger partial charge in [0.25, 0.3) is 0 Å². The number of aromatic nitrogens is 4. The molecule has 2 unspecified atom stereocenters. The topological polar surface area (TPSA) is 114 Å². The van der Waals surface area contributed by atoms with Crippen molar-refractivity contribution in [2.45, 2.75) is 25.5 Å². The SMILES string of the molecule is CNCC(O)COc1cccc(-c2nc(NC3CCOC3)c(C)c(-c3cncnc3)n2)c1. The molecule has 3 aromatic rings. The molecule has 0 saturated carbocycles. The second-order valence-corrected chi connectivity index (χ2v) is 7.75. The number of nitrogens with zero attached hydrogens (tertiary/aromatic N) is 4. The molecule has 9 nitrogen and oxygen atoms in total. The summed E-state index contributed by atoms with van der Waals surface area (Å²) >= 11 is 0. The van der Waals surface area contributed by atoms with E-state index in [2.05, 4.69) is 20.6 Å². The zero-order valence-electron chi connectivity index (χ0n) is 18.3. The number of anilines is 1. The van der Waals surface area contributed by atoms with E-state index in [0.717, 1.165) is 41.2 Å². The Hall–Kier alpha value is -3.14. The monoisotopic (exact) mass is 436 g/mol. The molecule has 2 aromatic heterocycles. The van der Waals surface area contributed by atoms with E-state index in [1.165, 1.54) is 6.33 Å². The van der Waals surface area contributed by atoms with Gasteiger partial charge in [-0.2, -0.15) is 0 Å². The molecule has 32 heavy (non-hydrogen) atoms. The van der Waals surface area contributed by atoms with Crippen LogP contribution in [-0.2, 0) is 4.74 Å². The maximum absolute atomic E-state index is 9.92. The van der Waals surface area contributed by atoms with Gasteiger partial charge >= 0.3 is 0 Å². The number of hydrogen-bond donors (Lipinski definition) is 3. The fourth-order valence-corrected chi connectivity index (χ4v) is 3.54. The number of nitrogens with one attached hydrogen (secondary N) is 2. The van der Waals surface area contributed by atoms with Crippen molar-refractivity contribution in [3.05, 3.63) is 48.5 Å². The van der Waals surface area contributed by atoms with Gasteiger partial charge in [0, 0.05) is 42.2 Å². The smallest absolute Gasteiger partial charge is 0.162 e. The van der Waals surface area contributed by atoms with Crippen LogP contribution in [0.2, 0.25) is 0 Å². The van der Waals surface area contributed by atoms with E-state index >= 15 is 0 Å². The first-order chi connectivity index (χ1) is 15.6. The van der Waals surface area contributed by atoms with Crippen molar-refractivity contribution in [3.63, 3.8) is 0 Å². The maximum atomic E-state index is 9.92. The van der Waals surface area contributed by atoms with Gasteiger partial charge < -0.3 is 25.2 Å². The van der Waals surface area contributed by atoms with Gasteiger partial charge in [-0.25, -0.2) is 19.9 Å². The number of aliphatic hydroxyl groups excluding tert-OH is 1. The molecule has 0 bridgehead atoms. The Kier molecular flexibility index (Phi) is 7.21. The summed E-state index contributed by atoms with van der Waals surface area (Å²) in [6.07, 6.45) is 5.34. The van der Waals surface area contributed by atoms with Gasteiger partial charge in [-0.05, 0) is 32.5 Å². The van der Waals surface area contributed by atoms with Gasteiger partial charge in [-0.1, -0.05) is 12.1 Å². The van der Waals surface area contributed by atoms with Gasteiger partial charge in [-0.15, -0.1) is 0 Å². The Morgan fingerprint density at radius 3 is 2.81 bits per heavy atom. The van der Waals surface area contributed by atoms with Crippen LogP contribution in [0.5, 0.6) is 5.75 Å². The van der Waals surface area contributed by atoms with Crippen LogP contribution < -0.4 is 15.4 Å². The van der Waals surface area contributed by atoms with Crippen LogP contribution in [0, 0.1) is 6.92 Å². The average molecular weight is 437 g/mol. The average Bonchev–Trinajstić information content (AvgIpc) is 3.33. The largest absolute Gasteiger partial charge is 0.491 e. The maximum Gasteiger partial charge on any atom is 0.162 e. The van der Waals surface area contributed by atoms with Crippen molar-refractivity contribution in [3.8, 4) is 28.4 Å². The molecular weight excluding hydrogens is 408 g/mol. The Bertz CT molecular complexity index is 1030. The predicted octanol–water partition coefficient (Wildman–Crippen LogP) is 2.07. The van der Waals surface area contributed by atoms with Gasteiger partial charge in [0.15, 0.2) is 5.82 Å². The third-order valence-corrected chi connectivity index (χ3v) is 5.22. The van der Waals surface area contributed by atoms with E-state index in [4.69, 9.17) is 19.4 Å². The Morgan fingerprint density at radius 2 is 2.06 bits per heavy atom. The van der Waals surface area contributed by atoms with Crippen LogP contribution in [-0.4, -0.2) is 70.6 Å². The lowest BCUT2D eigenvalue weighted by atomic mass is 10.1. The highest BCUT2D eigenvalue weighted by molar-refractivity contribution is 5.71. The van der Waals surface area contributed by atoms with E-state index in [1.807, 2.05) is 31.2 Å². The fourth-order valence-electron chi connectivity index (χ4n) is 3.54. The summed E-state index contributed by atoms with van der Waals surface area (Å²) in [6.45, 7) is 4.05. The minimum absolute atomic E-state index is 0.195. The van der Waals surface area contributed by atoms with Crippen LogP contribution in [0.4, 0.5) is 5.82 Å². The second kappa shape index (κ2) is 10.4. The minimum atomic E-state index is -0.589. The fraction of sp³-hybridized carbons (Fsp3) is 0.391. The number of benzene rings is 1. The minimum Gasteiger partial charge on any atom is -0.491 e. The number of ether oxygens (including phenoxy) is 2. The highest BCUT2D eigenvalue weighted by Crippen LogP contribution is 2.30. The normalized spacial score (nSPS) is 16.7. The van der Waals surface area contributed by atoms with Crippen LogP contribution in [0.3, 0.4) is 0 Å². The summed E-state index contributed by atoms with van der Waals surface area (Å²) in [7, 11) is 1.79. The highest BCUT2D eigenvalue weighted by atomic mass is 16.5. The molecular formula is C23H28N6O3. The van der Waals surface area contributed by atoms with Gasteiger partial charge in [0.05, 0.1) is 18.3 Å². The molecule has 0 radical (unpaired) electrons. The van der Waals surface area contributed by atoms with Crippen molar-refractivity contribution in [1.82, 2.24) is 25.3 Å². The third-order valence-electron chi connectivity index (χ3n) is 5.22. The van der Waals surface area contributed by atoms with Crippen LogP contribution in [0.1, 0.15) is 12.0 Å². The van der Waals surface area contributed by atoms with Crippen molar-refractivity contribution in [2.75, 3.05) is 38.7 Å². The van der Waals surface area contributed by atoms with E-state index in [-0.39, 0.29) is 12.6 Å². The van der Waals surface area contributed by atoms with E-state index in [0.29, 0.717) is 24.7 Å². The number of hydrogen-bond acceptors (Lipinski definition) is 9. The molecule has 0 amide bonds. The molecule has 0 aliphatic carbocycles. The van der Waals surface area contributed by atoms with Crippen molar-refractivity contribution < 1.29 is 14.6 Å². The first kappa shape index (κ1) is 22.1. The lowest BCUT2D eigenvalue weighted by Gasteiger charge is -2.17. The van der Waals surface area contributed by atoms with Crippen LogP contribution >= 0.6 is 0 Å². The van der Waals surface area contributed by atoms with Crippen LogP contribution in [0.15, 0.2) is 43.0 Å². The van der Waals surface area contributed by atoms with E-state index in [9.17, 15) is 5.11 Å². The summed E-state index contributed by atoms with van der Waals surface area (Å²) in [4.78, 5) is 18.0. The molecule has 3 heterocycles. The Balaban J connectivity index is 1.67. The molecule has 9 heteroatoms. The van der Waals surface area contributed by atoms with E-state index in [1.54, 1.807) is 19.4 Å². The molecule has 4 rings (SSSR count). The summed E-state index contributed by atoms with van der Waals surface area (Å²) in [5, 5.41) is 16.4. The molecule has 1 fully saturated rings. The first-order valence-electron chi connectivity index (χ1n) is 10.7. The summed E-state index contributed by atoms with van der Waals surface area (Å²) in [5.74, 6) is 1.97. The summed E-state index contributed by atoms with van der Waals surface area (Å²) < 4.78 is 11.3. The van der Waals surface area contributed by atoms with Crippen LogP contribution in [0.25, 0.3) is 22.6 Å². The Morgan fingerprint density at radius 1 is 1.22 bits per heavy atom. The molecule has 1 aliphatic rings. The van der Waals surface area contributed by atoms with E-state index < -0.39 is 6.10 Å². The number of rotatable bonds is 9. The number of likely N-dealkylation sites (N-methyl/N-ethyl adjacent to an activating group) is 1. The molecule has 0 spiro atoms. The molecule has 1 aliphatic heterocycles. The lowest BCUT2D eigenvalue weighted by molar-refractivity contribution is 0.108. The highest BCUT2D eigenvalue weighted by Gasteiger charge is 2.20. The van der Waals surface area contributed by atoms with Crippen molar-refractivity contribution in [1.29, 1.82) is 0 Å².